The maximum atomic E-state index is 13.2. The Kier molecular flexibility index (Phi) is 9.38. The van der Waals surface area contributed by atoms with E-state index in [0.717, 1.165) is 10.0 Å². The summed E-state index contributed by atoms with van der Waals surface area (Å²) in [5.74, 6) is 0. The third-order valence-electron chi connectivity index (χ3n) is 3.66. The molecule has 34 heavy (non-hydrogen) atoms. The van der Waals surface area contributed by atoms with Crippen molar-refractivity contribution in [2.45, 2.75) is 76.1 Å². The highest BCUT2D eigenvalue weighted by molar-refractivity contribution is 7.98. The Labute approximate surface area is 207 Å². The largest absolute Gasteiger partial charge is 0.442 e. The van der Waals surface area contributed by atoms with E-state index in [4.69, 9.17) is 9.47 Å². The third-order valence-corrected chi connectivity index (χ3v) is 4.77. The smallest absolute Gasteiger partial charge is 0.429 e. The first-order valence-electron chi connectivity index (χ1n) is 10.3. The topological polar surface area (TPSA) is 136 Å². The van der Waals surface area contributed by atoms with Crippen molar-refractivity contribution in [3.05, 3.63) is 23.8 Å². The molecule has 0 aliphatic heterocycles. The molecule has 2 amide bonds. The van der Waals surface area contributed by atoms with Gasteiger partial charge in [-0.25, -0.2) is 29.6 Å². The number of carbonyl (C=O) groups excluding carboxylic acids is 2. The van der Waals surface area contributed by atoms with E-state index >= 15 is 0 Å². The fourth-order valence-corrected chi connectivity index (χ4v) is 2.90. The molecule has 186 valence electrons. The molecule has 0 radical (unpaired) electrons. The molecule has 2 aromatic rings. The van der Waals surface area contributed by atoms with Gasteiger partial charge in [0.25, 0.3) is 0 Å². The summed E-state index contributed by atoms with van der Waals surface area (Å²) >= 11 is 2.67. The second-order valence-corrected chi connectivity index (χ2v) is 10.5. The van der Waals surface area contributed by atoms with Crippen LogP contribution in [0.25, 0.3) is 0 Å². The summed E-state index contributed by atoms with van der Waals surface area (Å²) in [7, 11) is 0. The van der Waals surface area contributed by atoms with Gasteiger partial charge in [-0.05, 0) is 54.1 Å². The van der Waals surface area contributed by atoms with Gasteiger partial charge in [-0.1, -0.05) is 23.5 Å². The van der Waals surface area contributed by atoms with Gasteiger partial charge in [0.15, 0.2) is 0 Å². The molecule has 0 N–H and O–H groups in total. The van der Waals surface area contributed by atoms with Crippen LogP contribution in [0, 0.1) is 0 Å². The second-order valence-electron chi connectivity index (χ2n) is 8.95. The summed E-state index contributed by atoms with van der Waals surface area (Å²) < 4.78 is 11.1. The molecule has 2 rings (SSSR count). The van der Waals surface area contributed by atoms with E-state index in [1.54, 1.807) is 41.5 Å². The third kappa shape index (κ3) is 8.89. The van der Waals surface area contributed by atoms with Crippen LogP contribution in [0.4, 0.5) is 9.59 Å². The molecule has 2 heterocycles. The number of aromatic nitrogens is 6. The number of amides is 2. The quantitative estimate of drug-likeness (QED) is 0.415. The molecular formula is C20H30N8O4S2. The number of nitrogens with zero attached hydrogens (tertiary/aromatic N) is 8. The normalized spacial score (nSPS) is 11.6. The molecule has 0 aliphatic carbocycles. The van der Waals surface area contributed by atoms with E-state index < -0.39 is 23.4 Å². The van der Waals surface area contributed by atoms with Crippen molar-refractivity contribution in [1.29, 1.82) is 0 Å². The first-order valence-corrected chi connectivity index (χ1v) is 12.7. The Balaban J connectivity index is 2.46. The summed E-state index contributed by atoms with van der Waals surface area (Å²) in [6.07, 6.45) is 5.05. The molecule has 0 saturated heterocycles. The molecule has 2 aromatic heterocycles. The molecule has 0 saturated carbocycles. The molecule has 0 aromatic carbocycles. The van der Waals surface area contributed by atoms with Crippen LogP contribution in [0.1, 0.15) is 52.9 Å². The van der Waals surface area contributed by atoms with E-state index in [1.165, 1.54) is 35.9 Å². The Morgan fingerprint density at radius 3 is 1.32 bits per heavy atom. The molecule has 0 atom stereocenters. The van der Waals surface area contributed by atoms with Gasteiger partial charge in [-0.2, -0.15) is 0 Å². The summed E-state index contributed by atoms with van der Waals surface area (Å²) in [5.41, 5.74) is -0.940. The van der Waals surface area contributed by atoms with Crippen molar-refractivity contribution in [1.82, 2.24) is 40.4 Å². The minimum atomic E-state index is -0.817. The highest BCUT2D eigenvalue weighted by atomic mass is 32.2. The van der Waals surface area contributed by atoms with Crippen molar-refractivity contribution >= 4 is 35.7 Å². The average Bonchev–Trinajstić information content (AvgIpc) is 2.74. The van der Waals surface area contributed by atoms with Crippen LogP contribution in [-0.4, -0.2) is 76.3 Å². The zero-order valence-electron chi connectivity index (χ0n) is 20.6. The lowest BCUT2D eigenvalue weighted by Gasteiger charge is -2.36. The van der Waals surface area contributed by atoms with Gasteiger partial charge in [-0.3, -0.25) is 0 Å². The Bertz CT molecular complexity index is 883. The second kappa shape index (κ2) is 11.6. The van der Waals surface area contributed by atoms with Gasteiger partial charge in [0.05, 0.1) is 25.5 Å². The number of hydrogen-bond donors (Lipinski definition) is 0. The highest BCUT2D eigenvalue weighted by Crippen LogP contribution is 2.20. The Morgan fingerprint density at radius 2 is 1.09 bits per heavy atom. The number of hydrogen-bond acceptors (Lipinski definition) is 12. The molecule has 12 nitrogen and oxygen atoms in total. The lowest BCUT2D eigenvalue weighted by Crippen LogP contribution is -2.52. The van der Waals surface area contributed by atoms with Gasteiger partial charge < -0.3 is 9.47 Å². The van der Waals surface area contributed by atoms with Crippen molar-refractivity contribution in [2.24, 2.45) is 0 Å². The summed E-state index contributed by atoms with van der Waals surface area (Å²) in [5, 5.41) is 19.4. The summed E-state index contributed by atoms with van der Waals surface area (Å²) in [4.78, 5) is 34.8. The van der Waals surface area contributed by atoms with E-state index in [9.17, 15) is 9.59 Å². The average molecular weight is 511 g/mol. The molecular weight excluding hydrogens is 480 g/mol. The molecule has 0 bridgehead atoms. The number of ether oxygens (including phenoxy) is 2. The monoisotopic (exact) mass is 510 g/mol. The number of carbonyl (C=O) groups is 2. The lowest BCUT2D eigenvalue weighted by molar-refractivity contribution is -0.0710. The number of hydrazine groups is 1. The van der Waals surface area contributed by atoms with Crippen LogP contribution in [0.15, 0.2) is 22.7 Å². The van der Waals surface area contributed by atoms with Crippen LogP contribution in [0.5, 0.6) is 0 Å². The molecule has 0 spiro atoms. The van der Waals surface area contributed by atoms with Crippen molar-refractivity contribution < 1.29 is 19.1 Å². The van der Waals surface area contributed by atoms with Crippen LogP contribution in [0.3, 0.4) is 0 Å². The van der Waals surface area contributed by atoms with Gasteiger partial charge in [0, 0.05) is 0 Å². The Morgan fingerprint density at radius 1 is 0.735 bits per heavy atom. The van der Waals surface area contributed by atoms with Gasteiger partial charge >= 0.3 is 12.2 Å². The van der Waals surface area contributed by atoms with E-state index in [2.05, 4.69) is 30.4 Å². The standard InChI is InChI=1S/C20H30N8O4S2/c1-19(2,3)31-17(29)27(11-13-9-21-15(33-7)25-23-13)28(18(30)32-20(4,5)6)12-14-10-22-16(34-8)26-24-14/h9-10H,11-12H2,1-8H3. The van der Waals surface area contributed by atoms with Crippen molar-refractivity contribution in [3.8, 4) is 0 Å². The SMILES string of the molecule is CSc1ncc(CN(C(=O)OC(C)(C)C)N(Cc2cnc(SC)nn2)C(=O)OC(C)(C)C)nn1. The minimum absolute atomic E-state index is 0.146. The van der Waals surface area contributed by atoms with Gasteiger partial charge in [-0.15, -0.1) is 20.4 Å². The van der Waals surface area contributed by atoms with Gasteiger partial charge in [0.1, 0.15) is 22.6 Å². The molecule has 0 unspecified atom stereocenters. The zero-order chi connectivity index (χ0) is 25.5. The lowest BCUT2D eigenvalue weighted by atomic mass is 10.2. The minimum Gasteiger partial charge on any atom is -0.442 e. The van der Waals surface area contributed by atoms with Crippen molar-refractivity contribution in [2.75, 3.05) is 12.5 Å². The maximum Gasteiger partial charge on any atom is 0.429 e. The highest BCUT2D eigenvalue weighted by Gasteiger charge is 2.34. The molecule has 0 aliphatic rings. The van der Waals surface area contributed by atoms with Gasteiger partial charge in [0.2, 0.25) is 10.3 Å². The van der Waals surface area contributed by atoms with E-state index in [0.29, 0.717) is 21.7 Å². The molecule has 14 heteroatoms. The summed E-state index contributed by atoms with van der Waals surface area (Å²) in [6.45, 7) is 10.1. The first-order chi connectivity index (χ1) is 15.8. The maximum absolute atomic E-state index is 13.2. The van der Waals surface area contributed by atoms with Crippen molar-refractivity contribution in [3.63, 3.8) is 0 Å². The number of rotatable bonds is 6. The van der Waals surface area contributed by atoms with E-state index in [-0.39, 0.29) is 13.1 Å². The van der Waals surface area contributed by atoms with E-state index in [1.807, 2.05) is 12.5 Å². The fourth-order valence-electron chi connectivity index (χ4n) is 2.34. The predicted octanol–water partition coefficient (Wildman–Crippen LogP) is 3.59. The van der Waals surface area contributed by atoms with Crippen LogP contribution in [0.2, 0.25) is 0 Å². The molecule has 0 fully saturated rings. The number of thioether (sulfide) groups is 2. The fraction of sp³-hybridized carbons (Fsp3) is 0.600. The van der Waals surface area contributed by atoms with Crippen LogP contribution >= 0.6 is 23.5 Å². The predicted molar refractivity (Wildman–Crippen MR) is 127 cm³/mol. The van der Waals surface area contributed by atoms with Crippen LogP contribution < -0.4 is 0 Å². The zero-order valence-corrected chi connectivity index (χ0v) is 22.2. The Hall–Kier alpha value is -2.74. The van der Waals surface area contributed by atoms with Crippen LogP contribution in [-0.2, 0) is 22.6 Å². The summed E-state index contributed by atoms with van der Waals surface area (Å²) in [6, 6.07) is 0. The first kappa shape index (κ1) is 27.5.